The van der Waals surface area contributed by atoms with Gasteiger partial charge in [0.15, 0.2) is 0 Å². The second kappa shape index (κ2) is 7.56. The average molecular weight is 391 g/mol. The van der Waals surface area contributed by atoms with Crippen molar-refractivity contribution in [1.29, 1.82) is 0 Å². The van der Waals surface area contributed by atoms with Gasteiger partial charge in [-0.15, -0.1) is 0 Å². The van der Waals surface area contributed by atoms with Crippen molar-refractivity contribution in [2.24, 2.45) is 5.14 Å². The van der Waals surface area contributed by atoms with Gasteiger partial charge in [0, 0.05) is 24.4 Å². The second-order valence-corrected chi connectivity index (χ2v) is 9.84. The zero-order chi connectivity index (χ0) is 20.6. The molecule has 0 aliphatic carbocycles. The van der Waals surface area contributed by atoms with E-state index in [1.54, 1.807) is 12.1 Å². The predicted molar refractivity (Wildman–Crippen MR) is 109 cm³/mol. The number of benzene rings is 1. The van der Waals surface area contributed by atoms with Crippen LogP contribution in [0.5, 0.6) is 0 Å². The first-order valence-corrected chi connectivity index (χ1v) is 10.6. The summed E-state index contributed by atoms with van der Waals surface area (Å²) in [5.74, 6) is 1.82. The second-order valence-electron chi connectivity index (χ2n) is 8.28. The number of anilines is 1. The fraction of sp³-hybridized carbons (Fsp3) is 0.500. The molecular weight excluding hydrogens is 360 g/mol. The zero-order valence-corrected chi connectivity index (χ0v) is 18.0. The zero-order valence-electron chi connectivity index (χ0n) is 17.2. The predicted octanol–water partition coefficient (Wildman–Crippen LogP) is 3.74. The highest BCUT2D eigenvalue weighted by molar-refractivity contribution is 7.89. The van der Waals surface area contributed by atoms with E-state index in [0.717, 1.165) is 22.9 Å². The maximum Gasteiger partial charge on any atom is 0.238 e. The van der Waals surface area contributed by atoms with Gasteiger partial charge in [-0.3, -0.25) is 0 Å². The van der Waals surface area contributed by atoms with E-state index in [1.807, 2.05) is 31.0 Å². The quantitative estimate of drug-likeness (QED) is 0.840. The van der Waals surface area contributed by atoms with Crippen LogP contribution in [0.15, 0.2) is 35.2 Å². The number of rotatable bonds is 5. The third-order valence-corrected chi connectivity index (χ3v) is 5.54. The van der Waals surface area contributed by atoms with Gasteiger partial charge in [0.25, 0.3) is 0 Å². The number of aromatic nitrogens is 2. The van der Waals surface area contributed by atoms with Crippen molar-refractivity contribution in [2.75, 3.05) is 11.9 Å². The molecule has 27 heavy (non-hydrogen) atoms. The first kappa shape index (κ1) is 21.3. The Labute approximate surface area is 162 Å². The molecule has 1 heterocycles. The Balaban J connectivity index is 2.48. The van der Waals surface area contributed by atoms with Crippen LogP contribution in [-0.4, -0.2) is 25.4 Å². The number of primary sulfonamides is 1. The van der Waals surface area contributed by atoms with Crippen LogP contribution < -0.4 is 10.0 Å². The SMILES string of the molecule is CC(C)c1nc(N(C)C(C)c2cccc(S(N)(=O)=O)c2)cc(C(C)(C)C)n1. The lowest BCUT2D eigenvalue weighted by molar-refractivity contribution is 0.556. The van der Waals surface area contributed by atoms with Crippen LogP contribution in [0, 0.1) is 0 Å². The van der Waals surface area contributed by atoms with E-state index in [4.69, 9.17) is 15.1 Å². The van der Waals surface area contributed by atoms with Crippen molar-refractivity contribution in [3.8, 4) is 0 Å². The van der Waals surface area contributed by atoms with Gasteiger partial charge in [-0.1, -0.05) is 46.8 Å². The Kier molecular flexibility index (Phi) is 5.97. The molecule has 0 bridgehead atoms. The molecule has 0 fully saturated rings. The van der Waals surface area contributed by atoms with E-state index in [9.17, 15) is 8.42 Å². The Morgan fingerprint density at radius 2 is 1.70 bits per heavy atom. The highest BCUT2D eigenvalue weighted by Gasteiger charge is 2.22. The molecule has 0 aliphatic rings. The molecule has 1 aromatic heterocycles. The minimum atomic E-state index is -3.74. The number of hydrogen-bond donors (Lipinski definition) is 1. The molecule has 148 valence electrons. The molecule has 2 aromatic rings. The molecule has 0 saturated carbocycles. The van der Waals surface area contributed by atoms with Gasteiger partial charge in [-0.05, 0) is 24.6 Å². The molecule has 0 spiro atoms. The van der Waals surface area contributed by atoms with E-state index >= 15 is 0 Å². The summed E-state index contributed by atoms with van der Waals surface area (Å²) in [5, 5.41) is 5.27. The third-order valence-electron chi connectivity index (χ3n) is 4.63. The fourth-order valence-electron chi connectivity index (χ4n) is 2.65. The van der Waals surface area contributed by atoms with E-state index in [-0.39, 0.29) is 22.3 Å². The molecule has 0 amide bonds. The van der Waals surface area contributed by atoms with E-state index in [2.05, 4.69) is 34.6 Å². The summed E-state index contributed by atoms with van der Waals surface area (Å²) in [6.45, 7) is 12.5. The Morgan fingerprint density at radius 3 is 2.22 bits per heavy atom. The monoisotopic (exact) mass is 390 g/mol. The molecule has 6 nitrogen and oxygen atoms in total. The lowest BCUT2D eigenvalue weighted by Gasteiger charge is -2.29. The molecule has 0 radical (unpaired) electrons. The Hall–Kier alpha value is -1.99. The largest absolute Gasteiger partial charge is 0.353 e. The third kappa shape index (κ3) is 5.05. The van der Waals surface area contributed by atoms with Crippen LogP contribution in [0.3, 0.4) is 0 Å². The van der Waals surface area contributed by atoms with E-state index < -0.39 is 10.0 Å². The van der Waals surface area contributed by atoms with Crippen LogP contribution in [0.4, 0.5) is 5.82 Å². The standard InChI is InChI=1S/C20H30N4O2S/c1-13(2)19-22-17(20(4,5)6)12-18(23-19)24(7)14(3)15-9-8-10-16(11-15)27(21,25)26/h8-14H,1-7H3,(H2,21,25,26). The number of nitrogens with two attached hydrogens (primary N) is 1. The molecule has 0 aliphatic heterocycles. The van der Waals surface area contributed by atoms with Crippen molar-refractivity contribution >= 4 is 15.8 Å². The van der Waals surface area contributed by atoms with Gasteiger partial charge >= 0.3 is 0 Å². The molecule has 7 heteroatoms. The van der Waals surface area contributed by atoms with Crippen molar-refractivity contribution in [2.45, 2.75) is 63.8 Å². The van der Waals surface area contributed by atoms with Crippen molar-refractivity contribution in [3.05, 3.63) is 47.4 Å². The van der Waals surface area contributed by atoms with Crippen LogP contribution >= 0.6 is 0 Å². The van der Waals surface area contributed by atoms with Crippen LogP contribution in [0.1, 0.15) is 70.6 Å². The number of hydrogen-bond acceptors (Lipinski definition) is 5. The summed E-state index contributed by atoms with van der Waals surface area (Å²) in [5.41, 5.74) is 1.73. The van der Waals surface area contributed by atoms with Crippen molar-refractivity contribution in [3.63, 3.8) is 0 Å². The summed E-state index contributed by atoms with van der Waals surface area (Å²) in [7, 11) is -1.79. The highest BCUT2D eigenvalue weighted by atomic mass is 32.2. The lowest BCUT2D eigenvalue weighted by atomic mass is 9.91. The normalized spacial score (nSPS) is 13.7. The molecule has 1 atom stereocenters. The molecule has 0 saturated heterocycles. The van der Waals surface area contributed by atoms with Gasteiger partial charge in [0.05, 0.1) is 16.6 Å². The summed E-state index contributed by atoms with van der Waals surface area (Å²) >= 11 is 0. The van der Waals surface area contributed by atoms with Crippen molar-refractivity contribution in [1.82, 2.24) is 9.97 Å². The fourth-order valence-corrected chi connectivity index (χ4v) is 3.22. The summed E-state index contributed by atoms with van der Waals surface area (Å²) in [6.07, 6.45) is 0. The molecular formula is C20H30N4O2S. The average Bonchev–Trinajstić information content (AvgIpc) is 2.58. The van der Waals surface area contributed by atoms with Gasteiger partial charge in [0.2, 0.25) is 10.0 Å². The first-order valence-electron chi connectivity index (χ1n) is 9.05. The smallest absolute Gasteiger partial charge is 0.238 e. The lowest BCUT2D eigenvalue weighted by Crippen LogP contribution is -2.25. The topological polar surface area (TPSA) is 89.2 Å². The van der Waals surface area contributed by atoms with E-state index in [1.165, 1.54) is 6.07 Å². The van der Waals surface area contributed by atoms with E-state index in [0.29, 0.717) is 0 Å². The minimum Gasteiger partial charge on any atom is -0.353 e. The van der Waals surface area contributed by atoms with Crippen LogP contribution in [0.25, 0.3) is 0 Å². The van der Waals surface area contributed by atoms with Crippen molar-refractivity contribution < 1.29 is 8.42 Å². The van der Waals surface area contributed by atoms with Gasteiger partial charge in [-0.2, -0.15) is 0 Å². The molecule has 2 N–H and O–H groups in total. The van der Waals surface area contributed by atoms with Gasteiger partial charge in [-0.25, -0.2) is 23.5 Å². The minimum absolute atomic E-state index is 0.0885. The van der Waals surface area contributed by atoms with Gasteiger partial charge in [0.1, 0.15) is 11.6 Å². The summed E-state index contributed by atoms with van der Waals surface area (Å²) in [6, 6.07) is 8.64. The summed E-state index contributed by atoms with van der Waals surface area (Å²) < 4.78 is 23.3. The molecule has 2 rings (SSSR count). The Morgan fingerprint density at radius 1 is 1.07 bits per heavy atom. The number of sulfonamides is 1. The summed E-state index contributed by atoms with van der Waals surface area (Å²) in [4.78, 5) is 11.6. The van der Waals surface area contributed by atoms with Crippen LogP contribution in [-0.2, 0) is 15.4 Å². The first-order chi connectivity index (χ1) is 12.3. The number of nitrogens with zero attached hydrogens (tertiary/aromatic N) is 3. The Bertz CT molecular complexity index is 918. The van der Waals surface area contributed by atoms with Gasteiger partial charge < -0.3 is 4.90 Å². The molecule has 1 aromatic carbocycles. The maximum atomic E-state index is 11.7. The highest BCUT2D eigenvalue weighted by Crippen LogP contribution is 2.30. The molecule has 1 unspecified atom stereocenters. The van der Waals surface area contributed by atoms with Crippen LogP contribution in [0.2, 0.25) is 0 Å². The maximum absolute atomic E-state index is 11.7.